The van der Waals surface area contributed by atoms with Gasteiger partial charge in [0.2, 0.25) is 5.82 Å². The van der Waals surface area contributed by atoms with Gasteiger partial charge in [-0.05, 0) is 57.6 Å². The average molecular weight is 295 g/mol. The zero-order valence-corrected chi connectivity index (χ0v) is 12.6. The van der Waals surface area contributed by atoms with Crippen molar-refractivity contribution in [3.05, 3.63) is 39.7 Å². The second-order valence-electron chi connectivity index (χ2n) is 5.99. The van der Waals surface area contributed by atoms with Crippen molar-refractivity contribution in [1.29, 1.82) is 0 Å². The fourth-order valence-corrected chi connectivity index (χ4v) is 2.86. The van der Waals surface area contributed by atoms with E-state index in [1.165, 1.54) is 25.0 Å². The predicted octanol–water partition coefficient (Wildman–Crippen LogP) is 2.51. The minimum absolute atomic E-state index is 0.461. The van der Waals surface area contributed by atoms with E-state index < -0.39 is 16.4 Å². The number of nitro groups is 1. The molecule has 0 aliphatic carbocycles. The Morgan fingerprint density at radius 1 is 1.43 bits per heavy atom. The van der Waals surface area contributed by atoms with Crippen LogP contribution < -0.4 is 0 Å². The third-order valence-corrected chi connectivity index (χ3v) is 4.07. The molecule has 0 N–H and O–H groups in total. The summed E-state index contributed by atoms with van der Waals surface area (Å²) in [6, 6.07) is 4.14. The molecule has 1 heterocycles. The van der Waals surface area contributed by atoms with E-state index in [0.717, 1.165) is 25.2 Å². The Hall–Kier alpha value is -1.53. The predicted molar refractivity (Wildman–Crippen MR) is 79.6 cm³/mol. The Bertz CT molecular complexity index is 502. The van der Waals surface area contributed by atoms with E-state index in [0.29, 0.717) is 12.5 Å². The van der Waals surface area contributed by atoms with E-state index >= 15 is 0 Å². The summed E-state index contributed by atoms with van der Waals surface area (Å²) in [5.41, 5.74) is 0.310. The first-order chi connectivity index (χ1) is 9.95. The van der Waals surface area contributed by atoms with Gasteiger partial charge in [0.05, 0.1) is 4.92 Å². The monoisotopic (exact) mass is 295 g/mol. The molecule has 0 bridgehead atoms. The topological polar surface area (TPSA) is 49.6 Å². The van der Waals surface area contributed by atoms with Gasteiger partial charge in [0.25, 0.3) is 0 Å². The van der Waals surface area contributed by atoms with E-state index in [-0.39, 0.29) is 0 Å². The fourth-order valence-electron chi connectivity index (χ4n) is 2.86. The quantitative estimate of drug-likeness (QED) is 0.618. The lowest BCUT2D eigenvalue weighted by molar-refractivity contribution is -0.387. The normalized spacial score (nSPS) is 17.3. The average Bonchev–Trinajstić information content (AvgIpc) is 2.41. The van der Waals surface area contributed by atoms with Crippen LogP contribution in [0.1, 0.15) is 18.4 Å². The van der Waals surface area contributed by atoms with Gasteiger partial charge in [0, 0.05) is 19.2 Å². The van der Waals surface area contributed by atoms with Crippen molar-refractivity contribution in [2.45, 2.75) is 19.4 Å². The van der Waals surface area contributed by atoms with Crippen LogP contribution in [-0.4, -0.2) is 48.5 Å². The molecule has 1 aliphatic rings. The lowest BCUT2D eigenvalue weighted by Crippen LogP contribution is -2.35. The lowest BCUT2D eigenvalue weighted by Gasteiger charge is -2.31. The van der Waals surface area contributed by atoms with Crippen LogP contribution in [0.3, 0.4) is 0 Å². The number of nitro benzene ring substituents is 1. The van der Waals surface area contributed by atoms with Crippen LogP contribution in [0.25, 0.3) is 0 Å². The van der Waals surface area contributed by atoms with E-state index in [1.807, 2.05) is 7.05 Å². The molecule has 0 radical (unpaired) electrons. The van der Waals surface area contributed by atoms with Crippen molar-refractivity contribution >= 4 is 5.69 Å². The summed E-state index contributed by atoms with van der Waals surface area (Å²) >= 11 is 0. The van der Waals surface area contributed by atoms with Gasteiger partial charge >= 0.3 is 5.69 Å². The smallest absolute Gasteiger partial charge is 0.304 e. The van der Waals surface area contributed by atoms with Gasteiger partial charge in [-0.2, -0.15) is 4.39 Å². The molecule has 0 spiro atoms. The molecule has 5 nitrogen and oxygen atoms in total. The number of piperidine rings is 1. The van der Waals surface area contributed by atoms with Crippen LogP contribution in [0, 0.1) is 21.8 Å². The number of halogens is 1. The molecular formula is C15H22FN3O2. The van der Waals surface area contributed by atoms with E-state index in [1.54, 1.807) is 6.07 Å². The summed E-state index contributed by atoms with van der Waals surface area (Å²) in [6.45, 7) is 3.85. The maximum Gasteiger partial charge on any atom is 0.304 e. The molecule has 1 fully saturated rings. The molecule has 0 saturated carbocycles. The lowest BCUT2D eigenvalue weighted by atomic mass is 9.96. The first-order valence-corrected chi connectivity index (χ1v) is 7.25. The minimum atomic E-state index is -0.759. The molecule has 1 aromatic rings. The number of likely N-dealkylation sites (tertiary alicyclic amines) is 1. The van der Waals surface area contributed by atoms with Crippen molar-refractivity contribution in [3.8, 4) is 0 Å². The van der Waals surface area contributed by atoms with E-state index in [2.05, 4.69) is 16.8 Å². The van der Waals surface area contributed by atoms with Crippen LogP contribution in [0.4, 0.5) is 10.1 Å². The van der Waals surface area contributed by atoms with Crippen LogP contribution >= 0.6 is 0 Å². The van der Waals surface area contributed by atoms with Gasteiger partial charge in [0.15, 0.2) is 0 Å². The number of hydrogen-bond acceptors (Lipinski definition) is 4. The highest BCUT2D eigenvalue weighted by Gasteiger charge is 2.19. The highest BCUT2D eigenvalue weighted by molar-refractivity contribution is 5.34. The number of nitrogens with zero attached hydrogens (tertiary/aromatic N) is 3. The molecule has 0 aromatic heterocycles. The van der Waals surface area contributed by atoms with E-state index in [9.17, 15) is 14.5 Å². The zero-order valence-electron chi connectivity index (χ0n) is 12.6. The Balaban J connectivity index is 1.89. The molecule has 2 rings (SSSR count). The van der Waals surface area contributed by atoms with Crippen molar-refractivity contribution in [3.63, 3.8) is 0 Å². The van der Waals surface area contributed by atoms with Crippen LogP contribution in [-0.2, 0) is 6.54 Å². The first-order valence-electron chi connectivity index (χ1n) is 7.25. The second-order valence-corrected chi connectivity index (χ2v) is 5.99. The SMILES string of the molecule is CN1CCC(CN(C)Cc2ccc([N+](=O)[O-])c(F)c2)CC1. The van der Waals surface area contributed by atoms with Gasteiger partial charge < -0.3 is 9.80 Å². The van der Waals surface area contributed by atoms with Crippen molar-refractivity contribution in [2.24, 2.45) is 5.92 Å². The standard InChI is InChI=1S/C15H22FN3O2/c1-17-7-5-12(6-8-17)10-18(2)11-13-3-4-15(19(20)21)14(16)9-13/h3-4,9,12H,5-8,10-11H2,1-2H3. The minimum Gasteiger partial charge on any atom is -0.306 e. The molecule has 1 aromatic carbocycles. The Morgan fingerprint density at radius 2 is 2.10 bits per heavy atom. The molecule has 6 heteroatoms. The summed E-state index contributed by atoms with van der Waals surface area (Å²) in [6.07, 6.45) is 2.38. The van der Waals surface area contributed by atoms with Crippen LogP contribution in [0.2, 0.25) is 0 Å². The third-order valence-electron chi connectivity index (χ3n) is 4.07. The molecule has 21 heavy (non-hydrogen) atoms. The second kappa shape index (κ2) is 6.95. The van der Waals surface area contributed by atoms with Gasteiger partial charge in [-0.15, -0.1) is 0 Å². The molecule has 1 saturated heterocycles. The zero-order chi connectivity index (χ0) is 15.4. The van der Waals surface area contributed by atoms with Crippen LogP contribution in [0.15, 0.2) is 18.2 Å². The molecule has 0 unspecified atom stereocenters. The molecule has 1 aliphatic heterocycles. The molecule has 0 amide bonds. The Labute approximate surface area is 124 Å². The maximum atomic E-state index is 13.6. The number of benzene rings is 1. The van der Waals surface area contributed by atoms with Gasteiger partial charge in [0.1, 0.15) is 0 Å². The Morgan fingerprint density at radius 3 is 2.67 bits per heavy atom. The fraction of sp³-hybridized carbons (Fsp3) is 0.600. The first kappa shape index (κ1) is 15.9. The molecular weight excluding hydrogens is 273 g/mol. The number of hydrogen-bond donors (Lipinski definition) is 0. The van der Waals surface area contributed by atoms with Crippen molar-refractivity contribution in [2.75, 3.05) is 33.7 Å². The molecule has 0 atom stereocenters. The van der Waals surface area contributed by atoms with Gasteiger partial charge in [-0.25, -0.2) is 0 Å². The third kappa shape index (κ3) is 4.47. The summed E-state index contributed by atoms with van der Waals surface area (Å²) in [7, 11) is 4.15. The van der Waals surface area contributed by atoms with Crippen molar-refractivity contribution < 1.29 is 9.31 Å². The van der Waals surface area contributed by atoms with Crippen LogP contribution in [0.5, 0.6) is 0 Å². The highest BCUT2D eigenvalue weighted by atomic mass is 19.1. The highest BCUT2D eigenvalue weighted by Crippen LogP contribution is 2.20. The van der Waals surface area contributed by atoms with Gasteiger partial charge in [-0.3, -0.25) is 10.1 Å². The summed E-state index contributed by atoms with van der Waals surface area (Å²) < 4.78 is 13.6. The number of rotatable bonds is 5. The van der Waals surface area contributed by atoms with E-state index in [4.69, 9.17) is 0 Å². The summed E-state index contributed by atoms with van der Waals surface area (Å²) in [5, 5.41) is 10.6. The Kier molecular flexibility index (Phi) is 5.25. The summed E-state index contributed by atoms with van der Waals surface area (Å²) in [5.74, 6) is -0.0840. The molecule has 116 valence electrons. The van der Waals surface area contributed by atoms with Gasteiger partial charge in [-0.1, -0.05) is 6.07 Å². The summed E-state index contributed by atoms with van der Waals surface area (Å²) in [4.78, 5) is 14.4. The van der Waals surface area contributed by atoms with Crippen molar-refractivity contribution in [1.82, 2.24) is 9.80 Å². The largest absolute Gasteiger partial charge is 0.306 e. The maximum absolute atomic E-state index is 13.6.